The van der Waals surface area contributed by atoms with Gasteiger partial charge in [-0.2, -0.15) is 0 Å². The van der Waals surface area contributed by atoms with Crippen molar-refractivity contribution in [2.24, 2.45) is 0 Å². The van der Waals surface area contributed by atoms with Crippen LogP contribution in [0, 0.1) is 0 Å². The number of anilines is 2. The van der Waals surface area contributed by atoms with Crippen LogP contribution in [0.2, 0.25) is 0 Å². The molecule has 122 valence electrons. The van der Waals surface area contributed by atoms with Gasteiger partial charge in [-0.3, -0.25) is 4.79 Å². The molecule has 2 aromatic rings. The van der Waals surface area contributed by atoms with Crippen LogP contribution in [0.25, 0.3) is 0 Å². The third-order valence-corrected chi connectivity index (χ3v) is 3.73. The van der Waals surface area contributed by atoms with E-state index in [4.69, 9.17) is 0 Å². The number of carbonyl (C=O) groups is 1. The number of carbonyl (C=O) groups excluding carboxylic acids is 1. The monoisotopic (exact) mass is 312 g/mol. The molecule has 0 fully saturated rings. The second-order valence-electron chi connectivity index (χ2n) is 5.95. The van der Waals surface area contributed by atoms with Crippen molar-refractivity contribution in [3.8, 4) is 0 Å². The van der Waals surface area contributed by atoms with Crippen LogP contribution in [0.4, 0.5) is 11.6 Å². The lowest BCUT2D eigenvalue weighted by molar-refractivity contribution is 0.102. The van der Waals surface area contributed by atoms with Crippen molar-refractivity contribution in [1.29, 1.82) is 0 Å². The van der Waals surface area contributed by atoms with Gasteiger partial charge < -0.3 is 10.6 Å². The Morgan fingerprint density at radius 2 is 1.78 bits per heavy atom. The summed E-state index contributed by atoms with van der Waals surface area (Å²) in [6.07, 6.45) is 4.08. The van der Waals surface area contributed by atoms with E-state index in [0.29, 0.717) is 23.5 Å². The Balaban J connectivity index is 2.09. The zero-order chi connectivity index (χ0) is 16.8. The van der Waals surface area contributed by atoms with E-state index in [1.807, 2.05) is 24.3 Å². The Kier molecular flexibility index (Phi) is 5.68. The highest BCUT2D eigenvalue weighted by atomic mass is 16.1. The average Bonchev–Trinajstić information content (AvgIpc) is 2.55. The van der Waals surface area contributed by atoms with E-state index in [2.05, 4.69) is 48.3 Å². The van der Waals surface area contributed by atoms with Gasteiger partial charge in [-0.25, -0.2) is 9.97 Å². The van der Waals surface area contributed by atoms with Crippen LogP contribution in [0.15, 0.2) is 36.7 Å². The van der Waals surface area contributed by atoms with E-state index >= 15 is 0 Å². The normalized spacial score (nSPS) is 12.0. The predicted molar refractivity (Wildman–Crippen MR) is 93.9 cm³/mol. The van der Waals surface area contributed by atoms with Gasteiger partial charge in [0.15, 0.2) is 0 Å². The maximum Gasteiger partial charge on any atom is 0.258 e. The van der Waals surface area contributed by atoms with E-state index in [1.54, 1.807) is 12.4 Å². The molecule has 1 heterocycles. The Bertz CT molecular complexity index is 652. The first kappa shape index (κ1) is 16.9. The maximum atomic E-state index is 12.4. The molecule has 0 saturated carbocycles. The fourth-order valence-electron chi connectivity index (χ4n) is 2.15. The molecule has 2 N–H and O–H groups in total. The molecule has 1 unspecified atom stereocenters. The third-order valence-electron chi connectivity index (χ3n) is 3.73. The van der Waals surface area contributed by atoms with Crippen LogP contribution in [0.5, 0.6) is 0 Å². The second kappa shape index (κ2) is 7.72. The Morgan fingerprint density at radius 3 is 2.39 bits per heavy atom. The molecule has 23 heavy (non-hydrogen) atoms. The first-order valence-electron chi connectivity index (χ1n) is 8.00. The lowest BCUT2D eigenvalue weighted by Crippen LogP contribution is -2.17. The van der Waals surface area contributed by atoms with E-state index < -0.39 is 0 Å². The molecule has 5 heteroatoms. The summed E-state index contributed by atoms with van der Waals surface area (Å²) in [4.78, 5) is 20.8. The smallest absolute Gasteiger partial charge is 0.258 e. The van der Waals surface area contributed by atoms with Gasteiger partial charge in [-0.1, -0.05) is 39.0 Å². The van der Waals surface area contributed by atoms with Crippen molar-refractivity contribution < 1.29 is 4.79 Å². The molecule has 0 saturated heterocycles. The summed E-state index contributed by atoms with van der Waals surface area (Å²) in [5, 5.41) is 6.12. The van der Waals surface area contributed by atoms with Gasteiger partial charge in [0, 0.05) is 24.1 Å². The summed E-state index contributed by atoms with van der Waals surface area (Å²) in [5.41, 5.74) is 2.38. The molecule has 2 rings (SSSR count). The van der Waals surface area contributed by atoms with E-state index in [-0.39, 0.29) is 5.91 Å². The van der Waals surface area contributed by atoms with Gasteiger partial charge in [0.05, 0.1) is 5.56 Å². The lowest BCUT2D eigenvalue weighted by atomic mass is 10.0. The molecule has 1 atom stereocenters. The number of amides is 1. The summed E-state index contributed by atoms with van der Waals surface area (Å²) < 4.78 is 0. The van der Waals surface area contributed by atoms with Gasteiger partial charge in [-0.05, 0) is 30.9 Å². The number of nitrogens with one attached hydrogen (secondary N) is 2. The minimum absolute atomic E-state index is 0.201. The van der Waals surface area contributed by atoms with Crippen molar-refractivity contribution in [2.45, 2.75) is 46.1 Å². The second-order valence-corrected chi connectivity index (χ2v) is 5.95. The van der Waals surface area contributed by atoms with Gasteiger partial charge >= 0.3 is 0 Å². The molecular weight excluding hydrogens is 288 g/mol. The fourth-order valence-corrected chi connectivity index (χ4v) is 2.15. The quantitative estimate of drug-likeness (QED) is 0.844. The van der Waals surface area contributed by atoms with Gasteiger partial charge in [0.25, 0.3) is 5.91 Å². The highest BCUT2D eigenvalue weighted by Gasteiger charge is 2.12. The van der Waals surface area contributed by atoms with Crippen molar-refractivity contribution in [3.05, 3.63) is 47.8 Å². The summed E-state index contributed by atoms with van der Waals surface area (Å²) >= 11 is 0. The number of hydrogen-bond acceptors (Lipinski definition) is 4. The number of hydrogen-bond donors (Lipinski definition) is 2. The number of nitrogens with zero attached hydrogens (tertiary/aromatic N) is 2. The van der Waals surface area contributed by atoms with Crippen LogP contribution in [-0.2, 0) is 0 Å². The number of para-hydroxylation sites is 1. The van der Waals surface area contributed by atoms with Gasteiger partial charge in [0.1, 0.15) is 0 Å². The average molecular weight is 312 g/mol. The van der Waals surface area contributed by atoms with Crippen LogP contribution in [0.1, 0.15) is 56.0 Å². The highest BCUT2D eigenvalue weighted by molar-refractivity contribution is 6.04. The lowest BCUT2D eigenvalue weighted by Gasteiger charge is -2.14. The Labute approximate surface area is 137 Å². The van der Waals surface area contributed by atoms with Crippen molar-refractivity contribution >= 4 is 17.5 Å². The molecule has 0 radical (unpaired) electrons. The largest absolute Gasteiger partial charge is 0.352 e. The van der Waals surface area contributed by atoms with Gasteiger partial charge in [-0.15, -0.1) is 0 Å². The Morgan fingerprint density at radius 1 is 1.13 bits per heavy atom. The molecule has 0 bridgehead atoms. The van der Waals surface area contributed by atoms with E-state index in [0.717, 1.165) is 17.7 Å². The number of benzene rings is 1. The standard InChI is InChI=1S/C18H24N4O/c1-5-13(4)21-18-19-10-14(11-20-18)17(23)22-16-9-7-6-8-15(16)12(2)3/h6-13H,5H2,1-4H3,(H,22,23)(H,19,20,21). The summed E-state index contributed by atoms with van der Waals surface area (Å²) in [6, 6.07) is 8.12. The first-order valence-corrected chi connectivity index (χ1v) is 8.00. The minimum atomic E-state index is -0.201. The molecule has 1 aromatic carbocycles. The zero-order valence-corrected chi connectivity index (χ0v) is 14.1. The first-order chi connectivity index (χ1) is 11.0. The summed E-state index contributed by atoms with van der Waals surface area (Å²) in [5.74, 6) is 0.677. The SMILES string of the molecule is CCC(C)Nc1ncc(C(=O)Nc2ccccc2C(C)C)cn1. The van der Waals surface area contributed by atoms with Crippen LogP contribution >= 0.6 is 0 Å². The van der Waals surface area contributed by atoms with Crippen LogP contribution in [0.3, 0.4) is 0 Å². The highest BCUT2D eigenvalue weighted by Crippen LogP contribution is 2.24. The molecule has 5 nitrogen and oxygen atoms in total. The third kappa shape index (κ3) is 4.52. The molecule has 0 aliphatic carbocycles. The molecular formula is C18H24N4O. The molecule has 0 aliphatic heterocycles. The molecule has 0 aliphatic rings. The zero-order valence-electron chi connectivity index (χ0n) is 14.1. The number of rotatable bonds is 6. The Hall–Kier alpha value is -2.43. The van der Waals surface area contributed by atoms with Crippen LogP contribution in [-0.4, -0.2) is 21.9 Å². The summed E-state index contributed by atoms with van der Waals surface area (Å²) in [7, 11) is 0. The molecule has 1 aromatic heterocycles. The van der Waals surface area contributed by atoms with Crippen molar-refractivity contribution in [2.75, 3.05) is 10.6 Å². The predicted octanol–water partition coefficient (Wildman–Crippen LogP) is 4.06. The van der Waals surface area contributed by atoms with Crippen molar-refractivity contribution in [3.63, 3.8) is 0 Å². The van der Waals surface area contributed by atoms with Crippen molar-refractivity contribution in [1.82, 2.24) is 9.97 Å². The molecule has 1 amide bonds. The maximum absolute atomic E-state index is 12.4. The number of aromatic nitrogens is 2. The summed E-state index contributed by atoms with van der Waals surface area (Å²) in [6.45, 7) is 8.35. The topological polar surface area (TPSA) is 66.9 Å². The van der Waals surface area contributed by atoms with Crippen LogP contribution < -0.4 is 10.6 Å². The van der Waals surface area contributed by atoms with E-state index in [9.17, 15) is 4.79 Å². The van der Waals surface area contributed by atoms with E-state index in [1.165, 1.54) is 0 Å². The minimum Gasteiger partial charge on any atom is -0.352 e. The molecule has 0 spiro atoms. The van der Waals surface area contributed by atoms with Gasteiger partial charge in [0.2, 0.25) is 5.95 Å². The fraction of sp³-hybridized carbons (Fsp3) is 0.389.